The number of H-pyrrole nitrogens is 1. The van der Waals surface area contributed by atoms with E-state index in [1.807, 2.05) is 25.1 Å². The molecular formula is C19H25N3O5S. The second kappa shape index (κ2) is 7.56. The van der Waals surface area contributed by atoms with Crippen LogP contribution in [0.15, 0.2) is 23.3 Å². The van der Waals surface area contributed by atoms with Crippen LogP contribution in [0.3, 0.4) is 0 Å². The van der Waals surface area contributed by atoms with Gasteiger partial charge in [-0.3, -0.25) is 4.79 Å². The summed E-state index contributed by atoms with van der Waals surface area (Å²) in [5.74, 6) is -0.378. The number of rotatable bonds is 6. The summed E-state index contributed by atoms with van der Waals surface area (Å²) in [6.07, 6.45) is 2.45. The Morgan fingerprint density at radius 3 is 2.75 bits per heavy atom. The number of hydrazone groups is 1. The molecule has 2 heterocycles. The van der Waals surface area contributed by atoms with Crippen LogP contribution in [0.5, 0.6) is 0 Å². The fraction of sp³-hybridized carbons (Fsp3) is 0.474. The van der Waals surface area contributed by atoms with Crippen LogP contribution in [-0.4, -0.2) is 45.1 Å². The van der Waals surface area contributed by atoms with Crippen LogP contribution < -0.4 is 4.83 Å². The molecule has 1 aliphatic heterocycles. The first-order valence-corrected chi connectivity index (χ1v) is 11.0. The van der Waals surface area contributed by atoms with Gasteiger partial charge in [-0.15, -0.1) is 0 Å². The number of aromatic nitrogens is 1. The second-order valence-electron chi connectivity index (χ2n) is 6.88. The SMILES string of the molecule is CCc1cccc2c3c([nH]c12)C(CC)(CC(=O)OC)OCC3=NNS(C)(=O)=O. The maximum atomic E-state index is 12.1. The summed E-state index contributed by atoms with van der Waals surface area (Å²) in [4.78, 5) is 17.7. The predicted molar refractivity (Wildman–Crippen MR) is 107 cm³/mol. The number of nitrogens with one attached hydrogen (secondary N) is 2. The van der Waals surface area contributed by atoms with Crippen molar-refractivity contribution in [1.29, 1.82) is 0 Å². The average molecular weight is 407 g/mol. The van der Waals surface area contributed by atoms with Crippen LogP contribution >= 0.6 is 0 Å². The van der Waals surface area contributed by atoms with E-state index in [0.717, 1.165) is 40.4 Å². The van der Waals surface area contributed by atoms with Crippen molar-refractivity contribution in [2.24, 2.45) is 5.10 Å². The first-order chi connectivity index (χ1) is 13.2. The van der Waals surface area contributed by atoms with Gasteiger partial charge in [-0.1, -0.05) is 32.0 Å². The fourth-order valence-corrected chi connectivity index (χ4v) is 3.92. The zero-order valence-corrected chi connectivity index (χ0v) is 17.3. The van der Waals surface area contributed by atoms with Crippen LogP contribution in [0, 0.1) is 0 Å². The standard InChI is InChI=1S/C19H25N3O5S/c1-5-12-8-7-9-13-16-14(21-22-28(4,24)25)11-27-19(6-2,10-15(23)26-3)18(16)20-17(12)13/h7-9,20,22H,5-6,10-11H2,1-4H3. The molecule has 1 atom stereocenters. The number of fused-ring (bicyclic) bond motifs is 3. The Hall–Kier alpha value is -2.39. The molecule has 0 spiro atoms. The zero-order valence-electron chi connectivity index (χ0n) is 16.5. The van der Waals surface area contributed by atoms with E-state index in [0.29, 0.717) is 12.1 Å². The number of hydrogen-bond donors (Lipinski definition) is 2. The van der Waals surface area contributed by atoms with Gasteiger partial charge in [-0.25, -0.2) is 13.2 Å². The number of para-hydroxylation sites is 1. The number of methoxy groups -OCH3 is 1. The van der Waals surface area contributed by atoms with Crippen molar-refractivity contribution in [3.05, 3.63) is 35.0 Å². The molecule has 152 valence electrons. The Morgan fingerprint density at radius 1 is 1.39 bits per heavy atom. The Morgan fingerprint density at radius 2 is 2.14 bits per heavy atom. The van der Waals surface area contributed by atoms with Gasteiger partial charge in [-0.05, 0) is 18.4 Å². The van der Waals surface area contributed by atoms with E-state index in [1.54, 1.807) is 0 Å². The summed E-state index contributed by atoms with van der Waals surface area (Å²) in [6.45, 7) is 4.08. The van der Waals surface area contributed by atoms with Gasteiger partial charge in [0.05, 0.1) is 37.8 Å². The van der Waals surface area contributed by atoms with Crippen LogP contribution in [-0.2, 0) is 36.3 Å². The van der Waals surface area contributed by atoms with Crippen molar-refractivity contribution >= 4 is 32.6 Å². The van der Waals surface area contributed by atoms with Crippen molar-refractivity contribution in [1.82, 2.24) is 9.82 Å². The average Bonchev–Trinajstić information content (AvgIpc) is 3.07. The molecule has 1 aliphatic rings. The van der Waals surface area contributed by atoms with Gasteiger partial charge in [-0.2, -0.15) is 5.10 Å². The lowest BCUT2D eigenvalue weighted by atomic mass is 9.85. The topological polar surface area (TPSA) is 110 Å². The minimum Gasteiger partial charge on any atom is -0.469 e. The number of esters is 1. The summed E-state index contributed by atoms with van der Waals surface area (Å²) >= 11 is 0. The quantitative estimate of drug-likeness (QED) is 0.563. The lowest BCUT2D eigenvalue weighted by Gasteiger charge is -2.36. The molecule has 0 fully saturated rings. The summed E-state index contributed by atoms with van der Waals surface area (Å²) in [7, 11) is -2.16. The van der Waals surface area contributed by atoms with Crippen molar-refractivity contribution in [2.75, 3.05) is 20.0 Å². The third-order valence-electron chi connectivity index (χ3n) is 5.11. The first-order valence-electron chi connectivity index (χ1n) is 9.13. The van der Waals surface area contributed by atoms with Crippen LogP contribution in [0.2, 0.25) is 0 Å². The van der Waals surface area contributed by atoms with Crippen LogP contribution in [0.4, 0.5) is 0 Å². The van der Waals surface area contributed by atoms with Crippen LogP contribution in [0.25, 0.3) is 10.9 Å². The minimum absolute atomic E-state index is 0.0497. The summed E-state index contributed by atoms with van der Waals surface area (Å²) < 4.78 is 34.0. The van der Waals surface area contributed by atoms with Crippen molar-refractivity contribution in [3.8, 4) is 0 Å². The van der Waals surface area contributed by atoms with Crippen LogP contribution in [0.1, 0.15) is 43.5 Å². The Bertz CT molecular complexity index is 1040. The molecule has 3 rings (SSSR count). The number of benzene rings is 1. The highest BCUT2D eigenvalue weighted by atomic mass is 32.2. The third-order valence-corrected chi connectivity index (χ3v) is 5.53. The Kier molecular flexibility index (Phi) is 5.49. The summed E-state index contributed by atoms with van der Waals surface area (Å²) in [5.41, 5.74) is 3.13. The first kappa shape index (κ1) is 20.3. The van der Waals surface area contributed by atoms with Gasteiger partial charge in [0.25, 0.3) is 0 Å². The Labute approximate surface area is 164 Å². The molecule has 28 heavy (non-hydrogen) atoms. The van der Waals surface area contributed by atoms with Gasteiger partial charge >= 0.3 is 5.97 Å². The summed E-state index contributed by atoms with van der Waals surface area (Å²) in [6, 6.07) is 5.95. The van der Waals surface area contributed by atoms with Crippen molar-refractivity contribution in [2.45, 2.75) is 38.7 Å². The van der Waals surface area contributed by atoms with E-state index in [1.165, 1.54) is 7.11 Å². The molecule has 2 aromatic rings. The highest BCUT2D eigenvalue weighted by Crippen LogP contribution is 2.42. The number of sulfonamides is 1. The van der Waals surface area contributed by atoms with Gasteiger partial charge in [0.2, 0.25) is 10.0 Å². The normalized spacial score (nSPS) is 20.9. The molecule has 1 aromatic carbocycles. The van der Waals surface area contributed by atoms with Crippen molar-refractivity contribution < 1.29 is 22.7 Å². The molecule has 0 saturated heterocycles. The predicted octanol–water partition coefficient (Wildman–Crippen LogP) is 2.18. The maximum absolute atomic E-state index is 12.1. The van der Waals surface area contributed by atoms with E-state index < -0.39 is 15.6 Å². The van der Waals surface area contributed by atoms with Gasteiger partial charge in [0.15, 0.2) is 0 Å². The number of carbonyl (C=O) groups is 1. The fourth-order valence-electron chi connectivity index (χ4n) is 3.64. The number of ether oxygens (including phenoxy) is 2. The van der Waals surface area contributed by atoms with E-state index in [9.17, 15) is 13.2 Å². The molecule has 0 bridgehead atoms. The van der Waals surface area contributed by atoms with E-state index in [4.69, 9.17) is 9.47 Å². The molecule has 8 nitrogen and oxygen atoms in total. The van der Waals surface area contributed by atoms with E-state index in [2.05, 4.69) is 21.8 Å². The Balaban J connectivity index is 2.27. The molecule has 1 aromatic heterocycles. The second-order valence-corrected chi connectivity index (χ2v) is 8.61. The molecule has 2 N–H and O–H groups in total. The number of hydrogen-bond acceptors (Lipinski definition) is 6. The molecule has 0 radical (unpaired) electrons. The van der Waals surface area contributed by atoms with E-state index >= 15 is 0 Å². The highest BCUT2D eigenvalue weighted by Gasteiger charge is 2.43. The number of carbonyl (C=O) groups excluding carboxylic acids is 1. The molecule has 0 saturated carbocycles. The van der Waals surface area contributed by atoms with E-state index in [-0.39, 0.29) is 19.0 Å². The van der Waals surface area contributed by atoms with Crippen molar-refractivity contribution in [3.63, 3.8) is 0 Å². The number of aryl methyl sites for hydroxylation is 1. The largest absolute Gasteiger partial charge is 0.469 e. The lowest BCUT2D eigenvalue weighted by Crippen LogP contribution is -2.40. The highest BCUT2D eigenvalue weighted by molar-refractivity contribution is 7.88. The molecular weight excluding hydrogens is 382 g/mol. The molecule has 0 amide bonds. The maximum Gasteiger partial charge on any atom is 0.308 e. The molecule has 9 heteroatoms. The molecule has 0 aliphatic carbocycles. The zero-order chi connectivity index (χ0) is 20.5. The third kappa shape index (κ3) is 3.64. The minimum atomic E-state index is -3.51. The number of aromatic amines is 1. The lowest BCUT2D eigenvalue weighted by molar-refractivity contribution is -0.150. The smallest absolute Gasteiger partial charge is 0.308 e. The number of nitrogens with zero attached hydrogens (tertiary/aromatic N) is 1. The van der Waals surface area contributed by atoms with Gasteiger partial charge in [0, 0.05) is 16.5 Å². The van der Waals surface area contributed by atoms with Gasteiger partial charge in [0.1, 0.15) is 5.60 Å². The van der Waals surface area contributed by atoms with Gasteiger partial charge < -0.3 is 14.5 Å². The summed E-state index contributed by atoms with van der Waals surface area (Å²) in [5, 5.41) is 5.02. The molecule has 1 unspecified atom stereocenters. The monoisotopic (exact) mass is 407 g/mol.